The van der Waals surface area contributed by atoms with Crippen LogP contribution in [0.4, 0.5) is 5.69 Å². The maximum Gasteiger partial charge on any atom is 0.270 e. The smallest absolute Gasteiger partial charge is 0.270 e. The van der Waals surface area contributed by atoms with Gasteiger partial charge in [-0.25, -0.2) is 9.97 Å². The SMILES string of the molecule is Cn1c(=O)c(-c2cccc([N+](=O)[O-])c2)cc2cncnc21. The molecule has 2 aromatic heterocycles. The first kappa shape index (κ1) is 12.9. The lowest BCUT2D eigenvalue weighted by atomic mass is 10.1. The van der Waals surface area contributed by atoms with Gasteiger partial charge in [-0.2, -0.15) is 0 Å². The van der Waals surface area contributed by atoms with Crippen LogP contribution in [0.2, 0.25) is 0 Å². The molecule has 1 aromatic carbocycles. The number of non-ortho nitro benzene ring substituents is 1. The summed E-state index contributed by atoms with van der Waals surface area (Å²) in [6, 6.07) is 7.64. The molecule has 0 atom stereocenters. The van der Waals surface area contributed by atoms with Gasteiger partial charge in [-0.15, -0.1) is 0 Å². The quantitative estimate of drug-likeness (QED) is 0.529. The minimum Gasteiger partial charge on any atom is -0.295 e. The summed E-state index contributed by atoms with van der Waals surface area (Å²) >= 11 is 0. The third-order valence-corrected chi connectivity index (χ3v) is 3.24. The van der Waals surface area contributed by atoms with E-state index in [0.29, 0.717) is 22.2 Å². The second-order valence-corrected chi connectivity index (χ2v) is 4.53. The molecule has 3 aromatic rings. The Morgan fingerprint density at radius 3 is 2.86 bits per heavy atom. The van der Waals surface area contributed by atoms with Gasteiger partial charge in [0.05, 0.1) is 4.92 Å². The maximum absolute atomic E-state index is 12.4. The predicted molar refractivity (Wildman–Crippen MR) is 76.9 cm³/mol. The highest BCUT2D eigenvalue weighted by molar-refractivity contribution is 5.80. The molecule has 0 aliphatic heterocycles. The number of rotatable bonds is 2. The molecular weight excluding hydrogens is 272 g/mol. The molecule has 0 saturated carbocycles. The summed E-state index contributed by atoms with van der Waals surface area (Å²) in [6.45, 7) is 0. The van der Waals surface area contributed by atoms with Gasteiger partial charge < -0.3 is 0 Å². The van der Waals surface area contributed by atoms with Crippen LogP contribution < -0.4 is 5.56 Å². The highest BCUT2D eigenvalue weighted by Crippen LogP contribution is 2.23. The number of aryl methyl sites for hydroxylation is 1. The van der Waals surface area contributed by atoms with Crippen molar-refractivity contribution in [3.63, 3.8) is 0 Å². The molecule has 0 unspecified atom stereocenters. The molecule has 21 heavy (non-hydrogen) atoms. The van der Waals surface area contributed by atoms with E-state index in [0.717, 1.165) is 0 Å². The van der Waals surface area contributed by atoms with Crippen molar-refractivity contribution in [1.82, 2.24) is 14.5 Å². The number of nitro benzene ring substituents is 1. The second kappa shape index (κ2) is 4.78. The van der Waals surface area contributed by atoms with Crippen LogP contribution >= 0.6 is 0 Å². The summed E-state index contributed by atoms with van der Waals surface area (Å²) in [5.41, 5.74) is 1.07. The minimum absolute atomic E-state index is 0.0565. The summed E-state index contributed by atoms with van der Waals surface area (Å²) in [5, 5.41) is 11.5. The zero-order valence-electron chi connectivity index (χ0n) is 11.1. The molecule has 0 radical (unpaired) electrons. The van der Waals surface area contributed by atoms with E-state index in [-0.39, 0.29) is 11.2 Å². The van der Waals surface area contributed by atoms with Crippen molar-refractivity contribution in [1.29, 1.82) is 0 Å². The van der Waals surface area contributed by atoms with Crippen molar-refractivity contribution >= 4 is 16.7 Å². The van der Waals surface area contributed by atoms with Crippen molar-refractivity contribution < 1.29 is 4.92 Å². The van der Waals surface area contributed by atoms with E-state index in [1.165, 1.54) is 23.0 Å². The Labute approximate surface area is 118 Å². The van der Waals surface area contributed by atoms with E-state index in [1.54, 1.807) is 31.4 Å². The van der Waals surface area contributed by atoms with Crippen molar-refractivity contribution in [2.24, 2.45) is 7.05 Å². The van der Waals surface area contributed by atoms with Crippen molar-refractivity contribution in [2.45, 2.75) is 0 Å². The summed E-state index contributed by atoms with van der Waals surface area (Å²) in [5.74, 6) is 0. The highest BCUT2D eigenvalue weighted by atomic mass is 16.6. The molecular formula is C14H10N4O3. The average molecular weight is 282 g/mol. The molecule has 0 saturated heterocycles. The number of hydrogen-bond donors (Lipinski definition) is 0. The van der Waals surface area contributed by atoms with Gasteiger partial charge in [0.2, 0.25) is 0 Å². The van der Waals surface area contributed by atoms with E-state index in [4.69, 9.17) is 0 Å². The lowest BCUT2D eigenvalue weighted by molar-refractivity contribution is -0.384. The number of nitro groups is 1. The molecule has 7 nitrogen and oxygen atoms in total. The van der Waals surface area contributed by atoms with Crippen molar-refractivity contribution in [3.05, 3.63) is 63.3 Å². The minimum atomic E-state index is -0.488. The molecule has 0 aliphatic carbocycles. The molecule has 104 valence electrons. The number of hydrogen-bond acceptors (Lipinski definition) is 5. The van der Waals surface area contributed by atoms with Crippen LogP contribution in [-0.4, -0.2) is 19.5 Å². The molecule has 0 bridgehead atoms. The number of pyridine rings is 1. The zero-order valence-corrected chi connectivity index (χ0v) is 11.1. The fourth-order valence-corrected chi connectivity index (χ4v) is 2.20. The summed E-state index contributed by atoms with van der Waals surface area (Å²) in [4.78, 5) is 30.8. The van der Waals surface area contributed by atoms with Crippen molar-refractivity contribution in [2.75, 3.05) is 0 Å². The Hall–Kier alpha value is -3.09. The third kappa shape index (κ3) is 2.14. The normalized spacial score (nSPS) is 10.7. The monoisotopic (exact) mass is 282 g/mol. The third-order valence-electron chi connectivity index (χ3n) is 3.24. The largest absolute Gasteiger partial charge is 0.295 e. The molecule has 0 amide bonds. The van der Waals surface area contributed by atoms with Gasteiger partial charge in [0.15, 0.2) is 0 Å². The Bertz CT molecular complexity index is 917. The van der Waals surface area contributed by atoms with Crippen LogP contribution in [0.3, 0.4) is 0 Å². The van der Waals surface area contributed by atoms with E-state index >= 15 is 0 Å². The van der Waals surface area contributed by atoms with E-state index < -0.39 is 4.92 Å². The molecule has 7 heteroatoms. The van der Waals surface area contributed by atoms with E-state index in [9.17, 15) is 14.9 Å². The lowest BCUT2D eigenvalue weighted by Gasteiger charge is -2.07. The Balaban J connectivity index is 2.30. The maximum atomic E-state index is 12.4. The van der Waals surface area contributed by atoms with Crippen LogP contribution in [-0.2, 0) is 7.05 Å². The van der Waals surface area contributed by atoms with Gasteiger partial charge in [0.25, 0.3) is 11.2 Å². The number of aromatic nitrogens is 3. The van der Waals surface area contributed by atoms with Crippen LogP contribution in [0.25, 0.3) is 22.2 Å². The Morgan fingerprint density at radius 1 is 1.29 bits per heavy atom. The molecule has 2 heterocycles. The predicted octanol–water partition coefficient (Wildman–Crippen LogP) is 1.90. The first-order valence-electron chi connectivity index (χ1n) is 6.12. The average Bonchev–Trinajstić information content (AvgIpc) is 2.51. The fourth-order valence-electron chi connectivity index (χ4n) is 2.20. The van der Waals surface area contributed by atoms with Gasteiger partial charge in [-0.1, -0.05) is 12.1 Å². The van der Waals surface area contributed by atoms with Crippen LogP contribution in [0.1, 0.15) is 0 Å². The first-order valence-corrected chi connectivity index (χ1v) is 6.12. The van der Waals surface area contributed by atoms with E-state index in [1.807, 2.05) is 0 Å². The van der Waals surface area contributed by atoms with Crippen LogP contribution in [0.15, 0.2) is 47.7 Å². The lowest BCUT2D eigenvalue weighted by Crippen LogP contribution is -2.19. The summed E-state index contributed by atoms with van der Waals surface area (Å²) in [6.07, 6.45) is 2.97. The molecule has 0 N–H and O–H groups in total. The van der Waals surface area contributed by atoms with Gasteiger partial charge in [-0.05, 0) is 11.6 Å². The Kier molecular flexibility index (Phi) is 2.94. The summed E-state index contributed by atoms with van der Waals surface area (Å²) in [7, 11) is 1.61. The molecule has 0 aliphatic rings. The van der Waals surface area contributed by atoms with Gasteiger partial charge in [0.1, 0.15) is 12.0 Å². The molecule has 0 spiro atoms. The second-order valence-electron chi connectivity index (χ2n) is 4.53. The first-order chi connectivity index (χ1) is 10.1. The topological polar surface area (TPSA) is 90.9 Å². The van der Waals surface area contributed by atoms with Gasteiger partial charge >= 0.3 is 0 Å². The molecule has 0 fully saturated rings. The van der Waals surface area contributed by atoms with Crippen LogP contribution in [0, 0.1) is 10.1 Å². The number of fused-ring (bicyclic) bond motifs is 1. The highest BCUT2D eigenvalue weighted by Gasteiger charge is 2.12. The summed E-state index contributed by atoms with van der Waals surface area (Å²) < 4.78 is 1.41. The van der Waals surface area contributed by atoms with Crippen LogP contribution in [0.5, 0.6) is 0 Å². The molecule has 3 rings (SSSR count). The van der Waals surface area contributed by atoms with Gasteiger partial charge in [0, 0.05) is 36.3 Å². The van der Waals surface area contributed by atoms with Gasteiger partial charge in [-0.3, -0.25) is 19.5 Å². The fraction of sp³-hybridized carbons (Fsp3) is 0.0714. The van der Waals surface area contributed by atoms with E-state index in [2.05, 4.69) is 9.97 Å². The standard InChI is InChI=1S/C14H10N4O3/c1-17-13-10(7-15-8-16-13)6-12(14(17)19)9-3-2-4-11(5-9)18(20)21/h2-8H,1H3. The Morgan fingerprint density at radius 2 is 2.10 bits per heavy atom. The zero-order chi connectivity index (χ0) is 15.0. The number of nitrogens with zero attached hydrogens (tertiary/aromatic N) is 4. The van der Waals surface area contributed by atoms with Crippen molar-refractivity contribution in [3.8, 4) is 11.1 Å². The number of benzene rings is 1.